The van der Waals surface area contributed by atoms with E-state index >= 15 is 0 Å². The Bertz CT molecular complexity index is 600. The Kier molecular flexibility index (Phi) is 7.59. The molecule has 1 atom stereocenters. The molecule has 1 N–H and O–H groups in total. The number of hydrogen-bond donors (Lipinski definition) is 1. The van der Waals surface area contributed by atoms with Crippen molar-refractivity contribution in [2.24, 2.45) is 0 Å². The summed E-state index contributed by atoms with van der Waals surface area (Å²) in [5.74, 6) is 0.755. The van der Waals surface area contributed by atoms with Gasteiger partial charge in [0.25, 0.3) is 0 Å². The maximum Gasteiger partial charge on any atom is 0.241 e. The first-order valence-electron chi connectivity index (χ1n) is 7.30. The third-order valence-electron chi connectivity index (χ3n) is 3.52. The Morgan fingerprint density at radius 2 is 1.70 bits per heavy atom. The predicted molar refractivity (Wildman–Crippen MR) is 96.2 cm³/mol. The van der Waals surface area contributed by atoms with Gasteiger partial charge in [0.1, 0.15) is 12.4 Å². The first-order chi connectivity index (χ1) is 10.6. The van der Waals surface area contributed by atoms with Gasteiger partial charge in [-0.05, 0) is 50.8 Å². The number of rotatable bonds is 6. The highest BCUT2D eigenvalue weighted by Gasteiger charge is 2.14. The van der Waals surface area contributed by atoms with E-state index < -0.39 is 0 Å². The van der Waals surface area contributed by atoms with Gasteiger partial charge in [0, 0.05) is 5.69 Å². The van der Waals surface area contributed by atoms with Gasteiger partial charge in [-0.2, -0.15) is 0 Å². The highest BCUT2D eigenvalue weighted by atomic mass is 35.5. The molecule has 0 saturated heterocycles. The van der Waals surface area contributed by atoms with Crippen molar-refractivity contribution in [3.8, 4) is 5.75 Å². The van der Waals surface area contributed by atoms with Gasteiger partial charge in [-0.25, -0.2) is 0 Å². The molecule has 2 aromatic carbocycles. The van der Waals surface area contributed by atoms with Crippen LogP contribution in [0.3, 0.4) is 0 Å². The summed E-state index contributed by atoms with van der Waals surface area (Å²) in [6.45, 7) is 2.40. The Hall–Kier alpha value is -2.04. The van der Waals surface area contributed by atoms with E-state index in [-0.39, 0.29) is 24.4 Å². The summed E-state index contributed by atoms with van der Waals surface area (Å²) in [5, 5.41) is 2.89. The van der Waals surface area contributed by atoms with Crippen LogP contribution in [0.1, 0.15) is 12.5 Å². The largest absolute Gasteiger partial charge is 0.489 e. The summed E-state index contributed by atoms with van der Waals surface area (Å²) in [6.07, 6.45) is 0. The quantitative estimate of drug-likeness (QED) is 0.878. The summed E-state index contributed by atoms with van der Waals surface area (Å²) in [6, 6.07) is 17.3. The smallest absolute Gasteiger partial charge is 0.241 e. The van der Waals surface area contributed by atoms with E-state index in [1.54, 1.807) is 0 Å². The molecule has 2 rings (SSSR count). The van der Waals surface area contributed by atoms with Crippen molar-refractivity contribution in [2.45, 2.75) is 19.6 Å². The zero-order valence-corrected chi connectivity index (χ0v) is 14.5. The average Bonchev–Trinajstić information content (AvgIpc) is 2.54. The number of hydrogen-bond acceptors (Lipinski definition) is 3. The maximum atomic E-state index is 12.0. The Morgan fingerprint density at radius 1 is 1.09 bits per heavy atom. The van der Waals surface area contributed by atoms with Gasteiger partial charge in [-0.3, -0.25) is 9.69 Å². The molecule has 2 aromatic rings. The lowest BCUT2D eigenvalue weighted by atomic mass is 10.2. The second-order valence-corrected chi connectivity index (χ2v) is 5.43. The van der Waals surface area contributed by atoms with Gasteiger partial charge < -0.3 is 10.1 Å². The van der Waals surface area contributed by atoms with E-state index in [1.807, 2.05) is 80.5 Å². The second-order valence-electron chi connectivity index (χ2n) is 5.43. The lowest BCUT2D eigenvalue weighted by molar-refractivity contribution is -0.119. The van der Waals surface area contributed by atoms with Crippen LogP contribution in [0, 0.1) is 0 Å². The van der Waals surface area contributed by atoms with Gasteiger partial charge >= 0.3 is 0 Å². The van der Waals surface area contributed by atoms with E-state index in [9.17, 15) is 4.79 Å². The van der Waals surface area contributed by atoms with Crippen LogP contribution in [0.5, 0.6) is 5.75 Å². The lowest BCUT2D eigenvalue weighted by Crippen LogP contribution is -2.37. The minimum absolute atomic E-state index is 0. The number of halogens is 1. The summed E-state index contributed by atoms with van der Waals surface area (Å²) in [4.78, 5) is 13.8. The number of nitrogens with zero attached hydrogens (tertiary/aromatic N) is 1. The van der Waals surface area contributed by atoms with Crippen LogP contribution in [-0.4, -0.2) is 30.9 Å². The van der Waals surface area contributed by atoms with Gasteiger partial charge in [-0.15, -0.1) is 12.4 Å². The minimum Gasteiger partial charge on any atom is -0.489 e. The Labute approximate surface area is 143 Å². The van der Waals surface area contributed by atoms with Crippen molar-refractivity contribution < 1.29 is 9.53 Å². The molecule has 1 unspecified atom stereocenters. The van der Waals surface area contributed by atoms with E-state index in [2.05, 4.69) is 5.32 Å². The summed E-state index contributed by atoms with van der Waals surface area (Å²) < 4.78 is 5.72. The molecule has 0 aliphatic rings. The predicted octanol–water partition coefficient (Wildman–Crippen LogP) is 3.58. The fourth-order valence-corrected chi connectivity index (χ4v) is 1.86. The second kappa shape index (κ2) is 9.18. The molecule has 1 amide bonds. The molecular weight excluding hydrogens is 312 g/mol. The van der Waals surface area contributed by atoms with E-state index in [4.69, 9.17) is 4.74 Å². The molecule has 0 radical (unpaired) electrons. The molecule has 4 nitrogen and oxygen atoms in total. The summed E-state index contributed by atoms with van der Waals surface area (Å²) >= 11 is 0. The molecule has 5 heteroatoms. The SMILES string of the molecule is CC(C(=O)Nc1ccc(OCc2ccccc2)cc1)N(C)C.Cl. The van der Waals surface area contributed by atoms with Gasteiger partial charge in [0.05, 0.1) is 6.04 Å². The lowest BCUT2D eigenvalue weighted by Gasteiger charge is -2.19. The van der Waals surface area contributed by atoms with Crippen molar-refractivity contribution in [3.63, 3.8) is 0 Å². The number of carbonyl (C=O) groups is 1. The molecule has 0 heterocycles. The molecule has 0 aliphatic carbocycles. The van der Waals surface area contributed by atoms with Crippen LogP contribution in [-0.2, 0) is 11.4 Å². The monoisotopic (exact) mass is 334 g/mol. The number of nitrogens with one attached hydrogen (secondary N) is 1. The van der Waals surface area contributed by atoms with E-state index in [1.165, 1.54) is 0 Å². The fourth-order valence-electron chi connectivity index (χ4n) is 1.86. The van der Waals surface area contributed by atoms with Crippen LogP contribution in [0.2, 0.25) is 0 Å². The van der Waals surface area contributed by atoms with E-state index in [0.29, 0.717) is 6.61 Å². The van der Waals surface area contributed by atoms with Crippen LogP contribution in [0.15, 0.2) is 54.6 Å². The number of amides is 1. The molecular formula is C18H23ClN2O2. The zero-order chi connectivity index (χ0) is 15.9. The molecule has 23 heavy (non-hydrogen) atoms. The molecule has 0 saturated carbocycles. The first-order valence-corrected chi connectivity index (χ1v) is 7.30. The Morgan fingerprint density at radius 3 is 2.26 bits per heavy atom. The Balaban J connectivity index is 0.00000264. The van der Waals surface area contributed by atoms with Crippen LogP contribution in [0.4, 0.5) is 5.69 Å². The van der Waals surface area contributed by atoms with Gasteiger partial charge in [-0.1, -0.05) is 30.3 Å². The van der Waals surface area contributed by atoms with Crippen LogP contribution >= 0.6 is 12.4 Å². The van der Waals surface area contributed by atoms with Gasteiger partial charge in [0.15, 0.2) is 0 Å². The van der Waals surface area contributed by atoms with E-state index in [0.717, 1.165) is 17.0 Å². The molecule has 0 aromatic heterocycles. The number of ether oxygens (including phenoxy) is 1. The van der Waals surface area contributed by atoms with Crippen molar-refractivity contribution in [1.29, 1.82) is 0 Å². The molecule has 0 fully saturated rings. The maximum absolute atomic E-state index is 12.0. The summed E-state index contributed by atoms with van der Waals surface area (Å²) in [5.41, 5.74) is 1.89. The topological polar surface area (TPSA) is 41.6 Å². The summed E-state index contributed by atoms with van der Waals surface area (Å²) in [7, 11) is 3.76. The molecule has 124 valence electrons. The normalized spacial score (nSPS) is 11.5. The fraction of sp³-hybridized carbons (Fsp3) is 0.278. The zero-order valence-electron chi connectivity index (χ0n) is 13.7. The number of carbonyl (C=O) groups excluding carboxylic acids is 1. The van der Waals surface area contributed by atoms with Crippen molar-refractivity contribution >= 4 is 24.0 Å². The van der Waals surface area contributed by atoms with Crippen LogP contribution < -0.4 is 10.1 Å². The highest BCUT2D eigenvalue weighted by Crippen LogP contribution is 2.17. The molecule has 0 aliphatic heterocycles. The van der Waals surface area contributed by atoms with Crippen molar-refractivity contribution in [1.82, 2.24) is 4.90 Å². The third-order valence-corrected chi connectivity index (χ3v) is 3.52. The molecule has 0 spiro atoms. The standard InChI is InChI=1S/C18H22N2O2.ClH/c1-14(20(2)3)18(21)19-16-9-11-17(12-10-16)22-13-15-7-5-4-6-8-15;/h4-12,14H,13H2,1-3H3,(H,19,21);1H. The number of likely N-dealkylation sites (N-methyl/N-ethyl adjacent to an activating group) is 1. The third kappa shape index (κ3) is 5.93. The first kappa shape index (κ1) is 19.0. The van der Waals surface area contributed by atoms with Crippen molar-refractivity contribution in [3.05, 3.63) is 60.2 Å². The average molecular weight is 335 g/mol. The number of anilines is 1. The minimum atomic E-state index is -0.172. The molecule has 0 bridgehead atoms. The van der Waals surface area contributed by atoms with Gasteiger partial charge in [0.2, 0.25) is 5.91 Å². The number of benzene rings is 2. The highest BCUT2D eigenvalue weighted by molar-refractivity contribution is 5.94. The van der Waals surface area contributed by atoms with Crippen LogP contribution in [0.25, 0.3) is 0 Å². The van der Waals surface area contributed by atoms with Crippen molar-refractivity contribution in [2.75, 3.05) is 19.4 Å².